The molecule has 2 aromatic carbocycles. The molecule has 0 radical (unpaired) electrons. The Morgan fingerprint density at radius 3 is 2.59 bits per heavy atom. The largest absolute Gasteiger partial charge is 0.491 e. The summed E-state index contributed by atoms with van der Waals surface area (Å²) in [6.07, 6.45) is 1.59. The van der Waals surface area contributed by atoms with Gasteiger partial charge in [0.1, 0.15) is 17.9 Å². The number of aromatic nitrogens is 1. The predicted molar refractivity (Wildman–Crippen MR) is 113 cm³/mol. The Balaban J connectivity index is 1.23. The van der Waals surface area contributed by atoms with Crippen LogP contribution in [-0.4, -0.2) is 37.1 Å². The first-order valence-corrected chi connectivity index (χ1v) is 10.2. The second kappa shape index (κ2) is 8.55. The number of oxazole rings is 1. The van der Waals surface area contributed by atoms with E-state index in [9.17, 15) is 4.79 Å². The zero-order valence-electron chi connectivity index (χ0n) is 17.0. The lowest BCUT2D eigenvalue weighted by Crippen LogP contribution is -2.41. The van der Waals surface area contributed by atoms with Crippen LogP contribution >= 0.6 is 0 Å². The lowest BCUT2D eigenvalue weighted by atomic mass is 9.96. The van der Waals surface area contributed by atoms with Crippen molar-refractivity contribution in [1.29, 1.82) is 0 Å². The molecule has 1 N–H and O–H groups in total. The molecule has 0 saturated carbocycles. The molecule has 1 saturated heterocycles. The Hall–Kier alpha value is -3.02. The molecule has 6 heteroatoms. The summed E-state index contributed by atoms with van der Waals surface area (Å²) < 4.78 is 11.7. The van der Waals surface area contributed by atoms with Crippen LogP contribution in [0.3, 0.4) is 0 Å². The van der Waals surface area contributed by atoms with E-state index in [1.54, 1.807) is 0 Å². The number of carbonyl (C=O) groups excluding carboxylic acids is 1. The molecule has 1 aromatic heterocycles. The fourth-order valence-electron chi connectivity index (χ4n) is 3.83. The third-order valence-electron chi connectivity index (χ3n) is 5.48. The first-order chi connectivity index (χ1) is 14.1. The van der Waals surface area contributed by atoms with E-state index in [4.69, 9.17) is 9.15 Å². The standard InChI is InChI=1S/C23H27N3O3/c1-16-6-5-7-17(2)21(16)28-15-12-24-22(27)18-10-13-26(14-11-18)23-25-19-8-3-4-9-20(19)29-23/h3-9,18H,10-15H2,1-2H3,(H,24,27). The number of ether oxygens (including phenoxy) is 1. The van der Waals surface area contributed by atoms with Gasteiger partial charge in [-0.25, -0.2) is 0 Å². The number of anilines is 1. The van der Waals surface area contributed by atoms with Crippen molar-refractivity contribution in [2.75, 3.05) is 31.1 Å². The van der Waals surface area contributed by atoms with Gasteiger partial charge in [0, 0.05) is 19.0 Å². The van der Waals surface area contributed by atoms with Crippen molar-refractivity contribution in [1.82, 2.24) is 10.3 Å². The Bertz CT molecular complexity index is 937. The number of carbonyl (C=O) groups is 1. The van der Waals surface area contributed by atoms with E-state index in [1.807, 2.05) is 56.3 Å². The van der Waals surface area contributed by atoms with Crippen LogP contribution in [-0.2, 0) is 4.79 Å². The highest BCUT2D eigenvalue weighted by Crippen LogP contribution is 2.26. The van der Waals surface area contributed by atoms with E-state index < -0.39 is 0 Å². The molecule has 152 valence electrons. The molecule has 1 amide bonds. The SMILES string of the molecule is Cc1cccc(C)c1OCCNC(=O)C1CCN(c2nc3ccccc3o2)CC1. The van der Waals surface area contributed by atoms with Crippen molar-refractivity contribution in [3.63, 3.8) is 0 Å². The third-order valence-corrected chi connectivity index (χ3v) is 5.48. The summed E-state index contributed by atoms with van der Waals surface area (Å²) >= 11 is 0. The molecule has 0 unspecified atom stereocenters. The maximum Gasteiger partial charge on any atom is 0.298 e. The number of hydrogen-bond acceptors (Lipinski definition) is 5. The monoisotopic (exact) mass is 393 g/mol. The van der Waals surface area contributed by atoms with E-state index in [-0.39, 0.29) is 11.8 Å². The van der Waals surface area contributed by atoms with Gasteiger partial charge in [0.2, 0.25) is 5.91 Å². The highest BCUT2D eigenvalue weighted by atomic mass is 16.5. The van der Waals surface area contributed by atoms with Gasteiger partial charge in [0.25, 0.3) is 6.01 Å². The number of hydrogen-bond donors (Lipinski definition) is 1. The first kappa shape index (κ1) is 19.3. The zero-order chi connectivity index (χ0) is 20.2. The number of benzene rings is 2. The van der Waals surface area contributed by atoms with Crippen LogP contribution in [0.5, 0.6) is 5.75 Å². The summed E-state index contributed by atoms with van der Waals surface area (Å²) in [5.74, 6) is 1.04. The Morgan fingerprint density at radius 1 is 1.14 bits per heavy atom. The number of rotatable bonds is 6. The van der Waals surface area contributed by atoms with Crippen molar-refractivity contribution < 1.29 is 13.9 Å². The number of amides is 1. The van der Waals surface area contributed by atoms with Crippen molar-refractivity contribution in [3.8, 4) is 5.75 Å². The summed E-state index contributed by atoms with van der Waals surface area (Å²) in [5.41, 5.74) is 3.89. The van der Waals surface area contributed by atoms with Gasteiger partial charge < -0.3 is 19.4 Å². The lowest BCUT2D eigenvalue weighted by molar-refractivity contribution is -0.125. The van der Waals surface area contributed by atoms with Gasteiger partial charge >= 0.3 is 0 Å². The number of para-hydroxylation sites is 3. The van der Waals surface area contributed by atoms with Crippen molar-refractivity contribution in [2.45, 2.75) is 26.7 Å². The van der Waals surface area contributed by atoms with Crippen LogP contribution in [0.25, 0.3) is 11.1 Å². The molecule has 4 rings (SSSR count). The predicted octanol–water partition coefficient (Wildman–Crippen LogP) is 3.86. The molecule has 3 aromatic rings. The molecule has 1 aliphatic heterocycles. The van der Waals surface area contributed by atoms with Crippen molar-refractivity contribution >= 4 is 23.0 Å². The van der Waals surface area contributed by atoms with E-state index in [1.165, 1.54) is 0 Å². The minimum Gasteiger partial charge on any atom is -0.491 e. The van der Waals surface area contributed by atoms with Crippen LogP contribution < -0.4 is 15.0 Å². The molecule has 0 aliphatic carbocycles. The first-order valence-electron chi connectivity index (χ1n) is 10.2. The van der Waals surface area contributed by atoms with Crippen LogP contribution in [0.2, 0.25) is 0 Å². The molecule has 2 heterocycles. The third kappa shape index (κ3) is 4.36. The number of aryl methyl sites for hydroxylation is 2. The van der Waals surface area contributed by atoms with Gasteiger partial charge in [-0.1, -0.05) is 30.3 Å². The van der Waals surface area contributed by atoms with E-state index >= 15 is 0 Å². The smallest absolute Gasteiger partial charge is 0.298 e. The topological polar surface area (TPSA) is 67.6 Å². The van der Waals surface area contributed by atoms with E-state index in [0.717, 1.165) is 53.9 Å². The quantitative estimate of drug-likeness (QED) is 0.644. The van der Waals surface area contributed by atoms with Gasteiger partial charge in [0.15, 0.2) is 5.58 Å². The second-order valence-electron chi connectivity index (χ2n) is 7.59. The zero-order valence-corrected chi connectivity index (χ0v) is 17.0. The summed E-state index contributed by atoms with van der Waals surface area (Å²) in [4.78, 5) is 19.2. The fourth-order valence-corrected chi connectivity index (χ4v) is 3.83. The Kier molecular flexibility index (Phi) is 5.69. The van der Waals surface area contributed by atoms with Crippen molar-refractivity contribution in [2.24, 2.45) is 5.92 Å². The Labute approximate surface area is 170 Å². The molecule has 1 fully saturated rings. The van der Waals surface area contributed by atoms with E-state index in [0.29, 0.717) is 19.2 Å². The summed E-state index contributed by atoms with van der Waals surface area (Å²) in [7, 11) is 0. The maximum absolute atomic E-state index is 12.5. The van der Waals surface area contributed by atoms with Crippen LogP contribution in [0.4, 0.5) is 6.01 Å². The van der Waals surface area contributed by atoms with Gasteiger partial charge in [-0.05, 0) is 49.9 Å². The maximum atomic E-state index is 12.5. The molecular weight excluding hydrogens is 366 g/mol. The average Bonchev–Trinajstić information content (AvgIpc) is 3.17. The minimum atomic E-state index is 0.0239. The molecule has 0 bridgehead atoms. The highest BCUT2D eigenvalue weighted by molar-refractivity contribution is 5.79. The normalized spacial score (nSPS) is 14.9. The molecule has 0 atom stereocenters. The molecule has 6 nitrogen and oxygen atoms in total. The summed E-state index contributed by atoms with van der Waals surface area (Å²) in [6, 6.07) is 14.5. The highest BCUT2D eigenvalue weighted by Gasteiger charge is 2.27. The van der Waals surface area contributed by atoms with Crippen LogP contribution in [0.1, 0.15) is 24.0 Å². The lowest BCUT2D eigenvalue weighted by Gasteiger charge is -2.30. The fraction of sp³-hybridized carbons (Fsp3) is 0.391. The summed E-state index contributed by atoms with van der Waals surface area (Å²) in [5, 5.41) is 3.02. The molecular formula is C23H27N3O3. The summed E-state index contributed by atoms with van der Waals surface area (Å²) in [6.45, 7) is 6.59. The van der Waals surface area contributed by atoms with Crippen LogP contribution in [0, 0.1) is 19.8 Å². The number of piperidine rings is 1. The number of nitrogens with zero attached hydrogens (tertiary/aromatic N) is 2. The number of fused-ring (bicyclic) bond motifs is 1. The molecule has 0 spiro atoms. The van der Waals surface area contributed by atoms with Crippen molar-refractivity contribution in [3.05, 3.63) is 53.6 Å². The van der Waals surface area contributed by atoms with E-state index in [2.05, 4.69) is 15.2 Å². The minimum absolute atomic E-state index is 0.0239. The number of nitrogens with one attached hydrogen (secondary N) is 1. The molecule has 1 aliphatic rings. The second-order valence-corrected chi connectivity index (χ2v) is 7.59. The Morgan fingerprint density at radius 2 is 1.86 bits per heavy atom. The van der Waals surface area contributed by atoms with Gasteiger partial charge in [0.05, 0.1) is 6.54 Å². The van der Waals surface area contributed by atoms with Gasteiger partial charge in [-0.15, -0.1) is 0 Å². The van der Waals surface area contributed by atoms with Gasteiger partial charge in [-0.2, -0.15) is 4.98 Å². The molecule has 29 heavy (non-hydrogen) atoms. The average molecular weight is 393 g/mol. The van der Waals surface area contributed by atoms with Crippen LogP contribution in [0.15, 0.2) is 46.9 Å². The van der Waals surface area contributed by atoms with Gasteiger partial charge in [-0.3, -0.25) is 4.79 Å².